The van der Waals surface area contributed by atoms with E-state index in [2.05, 4.69) is 17.2 Å². The fourth-order valence-corrected chi connectivity index (χ4v) is 2.45. The van der Waals surface area contributed by atoms with Crippen molar-refractivity contribution in [2.24, 2.45) is 0 Å². The van der Waals surface area contributed by atoms with Gasteiger partial charge in [0, 0.05) is 22.8 Å². The van der Waals surface area contributed by atoms with Gasteiger partial charge in [-0.05, 0) is 30.2 Å². The molecule has 1 heterocycles. The van der Waals surface area contributed by atoms with Crippen molar-refractivity contribution in [3.63, 3.8) is 0 Å². The number of rotatable bonds is 5. The third-order valence-corrected chi connectivity index (χ3v) is 3.84. The number of benzene rings is 1. The second-order valence-corrected chi connectivity index (χ2v) is 5.49. The van der Waals surface area contributed by atoms with Crippen molar-refractivity contribution in [3.05, 3.63) is 52.0 Å². The number of carbonyl (C=O) groups is 1. The van der Waals surface area contributed by atoms with Crippen LogP contribution in [0.4, 0.5) is 5.69 Å². The van der Waals surface area contributed by atoms with Gasteiger partial charge in [-0.15, -0.1) is 11.3 Å². The van der Waals surface area contributed by atoms with Gasteiger partial charge in [-0.25, -0.2) is 4.98 Å². The number of hydrogen-bond donors (Lipinski definition) is 2. The molecule has 0 fully saturated rings. The molecular formula is C15H17N3OS. The summed E-state index contributed by atoms with van der Waals surface area (Å²) in [6, 6.07) is 7.38. The fourth-order valence-electron chi connectivity index (χ4n) is 1.65. The van der Waals surface area contributed by atoms with Gasteiger partial charge in [-0.1, -0.05) is 19.1 Å². The van der Waals surface area contributed by atoms with Crippen molar-refractivity contribution in [1.29, 1.82) is 0 Å². The summed E-state index contributed by atoms with van der Waals surface area (Å²) in [6.07, 6.45) is 6.07. The quantitative estimate of drug-likeness (QED) is 0.656. The molecule has 2 rings (SSSR count). The highest BCUT2D eigenvalue weighted by atomic mass is 32.1. The zero-order valence-corrected chi connectivity index (χ0v) is 12.1. The second-order valence-electron chi connectivity index (χ2n) is 4.30. The predicted octanol–water partition coefficient (Wildman–Crippen LogP) is 2.62. The standard InChI is InChI=1S/C15H17N3OS/c1-2-13-9-18-15(20-13)10-17-14(19)7-6-11-4-3-5-12(16)8-11/h3-9H,2,10,16H2,1H3,(H,17,19)/b7-6+. The van der Waals surface area contributed by atoms with Crippen molar-refractivity contribution in [2.75, 3.05) is 5.73 Å². The van der Waals surface area contributed by atoms with Gasteiger partial charge in [-0.3, -0.25) is 4.79 Å². The van der Waals surface area contributed by atoms with Crippen molar-refractivity contribution in [1.82, 2.24) is 10.3 Å². The average molecular weight is 287 g/mol. The smallest absolute Gasteiger partial charge is 0.244 e. The first-order valence-corrected chi connectivity index (χ1v) is 7.24. The molecule has 3 N–H and O–H groups in total. The van der Waals surface area contributed by atoms with Crippen LogP contribution in [0.25, 0.3) is 6.08 Å². The van der Waals surface area contributed by atoms with Crippen LogP contribution >= 0.6 is 11.3 Å². The molecule has 0 aliphatic carbocycles. The van der Waals surface area contributed by atoms with Crippen LogP contribution in [0.5, 0.6) is 0 Å². The van der Waals surface area contributed by atoms with Crippen LogP contribution in [0, 0.1) is 0 Å². The largest absolute Gasteiger partial charge is 0.399 e. The van der Waals surface area contributed by atoms with Crippen molar-refractivity contribution in [2.45, 2.75) is 19.9 Å². The number of nitrogen functional groups attached to an aromatic ring is 1. The lowest BCUT2D eigenvalue weighted by molar-refractivity contribution is -0.116. The molecule has 4 nitrogen and oxygen atoms in total. The Hall–Kier alpha value is -2.14. The maximum Gasteiger partial charge on any atom is 0.244 e. The van der Waals surface area contributed by atoms with Gasteiger partial charge in [0.05, 0.1) is 6.54 Å². The summed E-state index contributed by atoms with van der Waals surface area (Å²) in [5.74, 6) is -0.138. The first-order chi connectivity index (χ1) is 9.67. The van der Waals surface area contributed by atoms with Gasteiger partial charge < -0.3 is 11.1 Å². The number of hydrogen-bond acceptors (Lipinski definition) is 4. The number of thiazole rings is 1. The monoisotopic (exact) mass is 287 g/mol. The van der Waals surface area contributed by atoms with Crippen LogP contribution in [-0.2, 0) is 17.8 Å². The lowest BCUT2D eigenvalue weighted by Crippen LogP contribution is -2.19. The Morgan fingerprint density at radius 2 is 2.35 bits per heavy atom. The predicted molar refractivity (Wildman–Crippen MR) is 83.2 cm³/mol. The number of nitrogens with two attached hydrogens (primary N) is 1. The van der Waals surface area contributed by atoms with Crippen LogP contribution in [0.2, 0.25) is 0 Å². The summed E-state index contributed by atoms with van der Waals surface area (Å²) in [5.41, 5.74) is 7.26. The Bertz CT molecular complexity index is 619. The first kappa shape index (κ1) is 14.3. The van der Waals surface area contributed by atoms with E-state index in [1.807, 2.05) is 30.5 Å². The maximum atomic E-state index is 11.7. The molecule has 0 saturated carbocycles. The molecule has 1 aromatic heterocycles. The minimum absolute atomic E-state index is 0.138. The van der Waals surface area contributed by atoms with Gasteiger partial charge >= 0.3 is 0 Å². The molecular weight excluding hydrogens is 270 g/mol. The summed E-state index contributed by atoms with van der Waals surface area (Å²) >= 11 is 1.62. The van der Waals surface area contributed by atoms with E-state index in [-0.39, 0.29) is 5.91 Å². The van der Waals surface area contributed by atoms with Crippen LogP contribution in [-0.4, -0.2) is 10.9 Å². The second kappa shape index (κ2) is 6.86. The maximum absolute atomic E-state index is 11.7. The average Bonchev–Trinajstić information content (AvgIpc) is 2.91. The summed E-state index contributed by atoms with van der Waals surface area (Å²) in [7, 11) is 0. The summed E-state index contributed by atoms with van der Waals surface area (Å²) < 4.78 is 0. The number of aromatic nitrogens is 1. The summed E-state index contributed by atoms with van der Waals surface area (Å²) in [6.45, 7) is 2.55. The van der Waals surface area contributed by atoms with Crippen LogP contribution in [0.1, 0.15) is 22.4 Å². The molecule has 20 heavy (non-hydrogen) atoms. The molecule has 5 heteroatoms. The molecule has 0 unspecified atom stereocenters. The van der Waals surface area contributed by atoms with Gasteiger partial charge in [0.25, 0.3) is 0 Å². The third kappa shape index (κ3) is 4.20. The van der Waals surface area contributed by atoms with Crippen LogP contribution in [0.15, 0.2) is 36.5 Å². The minimum atomic E-state index is -0.138. The Morgan fingerprint density at radius 1 is 1.50 bits per heavy atom. The van der Waals surface area contributed by atoms with Crippen molar-refractivity contribution in [3.8, 4) is 0 Å². The Morgan fingerprint density at radius 3 is 3.05 bits per heavy atom. The molecule has 104 valence electrons. The van der Waals surface area contributed by atoms with E-state index in [0.29, 0.717) is 12.2 Å². The molecule has 2 aromatic rings. The van der Waals surface area contributed by atoms with E-state index in [1.54, 1.807) is 17.4 Å². The number of nitrogens with one attached hydrogen (secondary N) is 1. The van der Waals surface area contributed by atoms with E-state index in [1.165, 1.54) is 11.0 Å². The number of carbonyl (C=O) groups excluding carboxylic acids is 1. The van der Waals surface area contributed by atoms with E-state index < -0.39 is 0 Å². The first-order valence-electron chi connectivity index (χ1n) is 6.42. The summed E-state index contributed by atoms with van der Waals surface area (Å²) in [5, 5.41) is 3.74. The van der Waals surface area contributed by atoms with Gasteiger partial charge in [0.2, 0.25) is 5.91 Å². The number of nitrogens with zero attached hydrogens (tertiary/aromatic N) is 1. The molecule has 1 aromatic carbocycles. The van der Waals surface area contributed by atoms with Crippen molar-refractivity contribution < 1.29 is 4.79 Å². The molecule has 0 spiro atoms. The number of anilines is 1. The van der Waals surface area contributed by atoms with Gasteiger partial charge in [0.1, 0.15) is 5.01 Å². The topological polar surface area (TPSA) is 68.0 Å². The zero-order chi connectivity index (χ0) is 14.4. The molecule has 0 bridgehead atoms. The van der Waals surface area contributed by atoms with Gasteiger partial charge in [-0.2, -0.15) is 0 Å². The highest BCUT2D eigenvalue weighted by Crippen LogP contribution is 2.13. The molecule has 0 aliphatic heterocycles. The zero-order valence-electron chi connectivity index (χ0n) is 11.3. The highest BCUT2D eigenvalue weighted by molar-refractivity contribution is 7.11. The minimum Gasteiger partial charge on any atom is -0.399 e. The Balaban J connectivity index is 1.86. The number of amides is 1. The molecule has 1 amide bonds. The van der Waals surface area contributed by atoms with Crippen molar-refractivity contribution >= 4 is 29.0 Å². The van der Waals surface area contributed by atoms with E-state index >= 15 is 0 Å². The molecule has 0 aliphatic rings. The fraction of sp³-hybridized carbons (Fsp3) is 0.200. The summed E-state index contributed by atoms with van der Waals surface area (Å²) in [4.78, 5) is 17.2. The van der Waals surface area contributed by atoms with Gasteiger partial charge in [0.15, 0.2) is 0 Å². The molecule has 0 radical (unpaired) electrons. The van der Waals surface area contributed by atoms with E-state index in [0.717, 1.165) is 17.0 Å². The van der Waals surface area contributed by atoms with Crippen LogP contribution in [0.3, 0.4) is 0 Å². The third-order valence-electron chi connectivity index (χ3n) is 2.70. The number of aryl methyl sites for hydroxylation is 1. The molecule has 0 saturated heterocycles. The highest BCUT2D eigenvalue weighted by Gasteiger charge is 2.01. The van der Waals surface area contributed by atoms with Crippen LogP contribution < -0.4 is 11.1 Å². The Labute approximate surface area is 122 Å². The van der Waals surface area contributed by atoms with E-state index in [4.69, 9.17) is 5.73 Å². The molecule has 0 atom stereocenters. The lowest BCUT2D eigenvalue weighted by Gasteiger charge is -1.99. The lowest BCUT2D eigenvalue weighted by atomic mass is 10.2. The normalized spacial score (nSPS) is 10.8. The SMILES string of the molecule is CCc1cnc(CNC(=O)/C=C/c2cccc(N)c2)s1. The Kier molecular flexibility index (Phi) is 4.90. The van der Waals surface area contributed by atoms with E-state index in [9.17, 15) is 4.79 Å².